The highest BCUT2D eigenvalue weighted by atomic mass is 79.9. The van der Waals surface area contributed by atoms with Crippen molar-refractivity contribution in [2.75, 3.05) is 18.5 Å². The fraction of sp³-hybridized carbons (Fsp3) is 0.222. The van der Waals surface area contributed by atoms with E-state index in [4.69, 9.17) is 4.74 Å². The van der Waals surface area contributed by atoms with Crippen LogP contribution in [-0.4, -0.2) is 36.2 Å². The average molecular weight is 537 g/mol. The largest absolute Gasteiger partial charge is 0.481 e. The number of nitrogens with one attached hydrogen (secondary N) is 2. The van der Waals surface area contributed by atoms with Crippen LogP contribution in [-0.2, 0) is 9.53 Å². The lowest BCUT2D eigenvalue weighted by Crippen LogP contribution is -2.39. The molecule has 3 N–H and O–H groups in total. The van der Waals surface area contributed by atoms with Gasteiger partial charge in [-0.05, 0) is 54.3 Å². The molecular weight excluding hydrogens is 512 g/mol. The van der Waals surface area contributed by atoms with E-state index in [1.54, 1.807) is 18.2 Å². The number of ether oxygens (including phenoxy) is 1. The third-order valence-electron chi connectivity index (χ3n) is 6.08. The summed E-state index contributed by atoms with van der Waals surface area (Å²) in [6.07, 6.45) is -0.690. The van der Waals surface area contributed by atoms with Crippen LogP contribution in [0.5, 0.6) is 0 Å². The van der Waals surface area contributed by atoms with E-state index in [1.165, 1.54) is 13.8 Å². The van der Waals surface area contributed by atoms with E-state index in [-0.39, 0.29) is 30.3 Å². The van der Waals surface area contributed by atoms with Gasteiger partial charge in [0.15, 0.2) is 0 Å². The summed E-state index contributed by atoms with van der Waals surface area (Å²) in [5.74, 6) is -1.61. The van der Waals surface area contributed by atoms with Gasteiger partial charge in [-0.15, -0.1) is 0 Å². The monoisotopic (exact) mass is 536 g/mol. The number of hydrogen-bond donors (Lipinski definition) is 3. The van der Waals surface area contributed by atoms with Crippen molar-refractivity contribution in [3.8, 4) is 11.1 Å². The first-order chi connectivity index (χ1) is 16.7. The van der Waals surface area contributed by atoms with Gasteiger partial charge in [0, 0.05) is 16.9 Å². The van der Waals surface area contributed by atoms with E-state index in [0.29, 0.717) is 4.47 Å². The predicted octanol–water partition coefficient (Wildman–Crippen LogP) is 5.65. The second-order valence-electron chi connectivity index (χ2n) is 9.01. The molecule has 0 aromatic heterocycles. The molecule has 0 saturated carbocycles. The SMILES string of the molecule is CC(C)(CNC(=O)c1ccc(Br)cc1NC(=O)OCC1c2ccccc2-c2ccccc21)C(=O)O. The van der Waals surface area contributed by atoms with Gasteiger partial charge in [-0.1, -0.05) is 64.5 Å². The van der Waals surface area contributed by atoms with Crippen LogP contribution in [0.15, 0.2) is 71.2 Å². The summed E-state index contributed by atoms with van der Waals surface area (Å²) in [5, 5.41) is 14.6. The molecule has 0 bridgehead atoms. The Labute approximate surface area is 211 Å². The minimum atomic E-state index is -1.13. The minimum absolute atomic E-state index is 0.0678. The molecule has 1 aliphatic carbocycles. The normalized spacial score (nSPS) is 12.4. The fourth-order valence-electron chi connectivity index (χ4n) is 4.03. The molecule has 0 spiro atoms. The second kappa shape index (κ2) is 9.92. The minimum Gasteiger partial charge on any atom is -0.481 e. The Balaban J connectivity index is 1.46. The topological polar surface area (TPSA) is 105 Å². The predicted molar refractivity (Wildman–Crippen MR) is 137 cm³/mol. The first kappa shape index (κ1) is 24.5. The lowest BCUT2D eigenvalue weighted by Gasteiger charge is -2.20. The molecule has 0 heterocycles. The summed E-state index contributed by atoms with van der Waals surface area (Å²) in [5.41, 5.74) is 3.78. The van der Waals surface area contributed by atoms with Crippen molar-refractivity contribution in [2.45, 2.75) is 19.8 Å². The van der Waals surface area contributed by atoms with Crippen molar-refractivity contribution < 1.29 is 24.2 Å². The Morgan fingerprint density at radius 2 is 1.57 bits per heavy atom. The van der Waals surface area contributed by atoms with E-state index in [9.17, 15) is 19.5 Å². The molecule has 0 atom stereocenters. The van der Waals surface area contributed by atoms with Crippen LogP contribution < -0.4 is 10.6 Å². The van der Waals surface area contributed by atoms with Crippen LogP contribution in [0.3, 0.4) is 0 Å². The van der Waals surface area contributed by atoms with E-state index in [0.717, 1.165) is 22.3 Å². The van der Waals surface area contributed by atoms with E-state index < -0.39 is 23.4 Å². The molecule has 0 fully saturated rings. The van der Waals surface area contributed by atoms with Gasteiger partial charge in [0.05, 0.1) is 16.7 Å². The van der Waals surface area contributed by atoms with Gasteiger partial charge in [-0.25, -0.2) is 4.79 Å². The zero-order chi connectivity index (χ0) is 25.2. The van der Waals surface area contributed by atoms with Crippen molar-refractivity contribution in [2.24, 2.45) is 5.41 Å². The molecular formula is C27H25BrN2O5. The molecule has 2 amide bonds. The quantitative estimate of drug-likeness (QED) is 0.361. The summed E-state index contributed by atoms with van der Waals surface area (Å²) in [6, 6.07) is 20.9. The molecule has 0 aliphatic heterocycles. The third kappa shape index (κ3) is 5.22. The van der Waals surface area contributed by atoms with E-state index in [2.05, 4.69) is 38.7 Å². The number of fused-ring (bicyclic) bond motifs is 3. The molecule has 180 valence electrons. The fourth-order valence-corrected chi connectivity index (χ4v) is 4.40. The number of aliphatic carboxylic acids is 1. The highest BCUT2D eigenvalue weighted by molar-refractivity contribution is 9.10. The molecule has 4 rings (SSSR count). The van der Waals surface area contributed by atoms with Crippen molar-refractivity contribution in [3.63, 3.8) is 0 Å². The van der Waals surface area contributed by atoms with Gasteiger partial charge in [-0.2, -0.15) is 0 Å². The van der Waals surface area contributed by atoms with Crippen LogP contribution >= 0.6 is 15.9 Å². The van der Waals surface area contributed by atoms with Gasteiger partial charge in [0.2, 0.25) is 0 Å². The number of halogens is 1. The number of carbonyl (C=O) groups is 3. The maximum absolute atomic E-state index is 12.8. The molecule has 8 heteroatoms. The van der Waals surface area contributed by atoms with Crippen molar-refractivity contribution in [1.29, 1.82) is 0 Å². The van der Waals surface area contributed by atoms with Gasteiger partial charge < -0.3 is 15.2 Å². The number of carboxylic acid groups (broad SMARTS) is 1. The van der Waals surface area contributed by atoms with Crippen LogP contribution in [0.4, 0.5) is 10.5 Å². The third-order valence-corrected chi connectivity index (χ3v) is 6.57. The Kier molecular flexibility index (Phi) is 6.93. The number of rotatable bonds is 7. The molecule has 0 unspecified atom stereocenters. The van der Waals surface area contributed by atoms with E-state index in [1.807, 2.05) is 36.4 Å². The number of benzene rings is 3. The van der Waals surface area contributed by atoms with Crippen LogP contribution in [0.1, 0.15) is 41.3 Å². The summed E-state index contributed by atoms with van der Waals surface area (Å²) in [7, 11) is 0. The summed E-state index contributed by atoms with van der Waals surface area (Å²) in [4.78, 5) is 36.8. The van der Waals surface area contributed by atoms with Gasteiger partial charge in [-0.3, -0.25) is 14.9 Å². The Morgan fingerprint density at radius 1 is 0.971 bits per heavy atom. The molecule has 3 aromatic rings. The second-order valence-corrected chi connectivity index (χ2v) is 9.93. The lowest BCUT2D eigenvalue weighted by atomic mass is 9.94. The Morgan fingerprint density at radius 3 is 2.17 bits per heavy atom. The first-order valence-electron chi connectivity index (χ1n) is 11.1. The zero-order valence-electron chi connectivity index (χ0n) is 19.3. The van der Waals surface area contributed by atoms with Gasteiger partial charge in [0.25, 0.3) is 5.91 Å². The summed E-state index contributed by atoms with van der Waals surface area (Å²) >= 11 is 3.35. The highest BCUT2D eigenvalue weighted by Crippen LogP contribution is 2.44. The number of hydrogen-bond acceptors (Lipinski definition) is 4. The Bertz CT molecular complexity index is 1260. The zero-order valence-corrected chi connectivity index (χ0v) is 20.9. The molecule has 7 nitrogen and oxygen atoms in total. The highest BCUT2D eigenvalue weighted by Gasteiger charge is 2.30. The molecule has 0 radical (unpaired) electrons. The van der Waals surface area contributed by atoms with Crippen molar-refractivity contribution >= 4 is 39.6 Å². The maximum Gasteiger partial charge on any atom is 0.411 e. The standard InChI is InChI=1S/C27H25BrN2O5/c1-27(2,25(32)33)15-29-24(31)21-12-11-16(28)13-23(21)30-26(34)35-14-22-19-9-5-3-7-17(19)18-8-4-6-10-20(18)22/h3-13,22H,14-15H2,1-2H3,(H,29,31)(H,30,34)(H,32,33). The summed E-state index contributed by atoms with van der Waals surface area (Å²) in [6.45, 7) is 3.11. The van der Waals surface area contributed by atoms with Crippen molar-refractivity contribution in [1.82, 2.24) is 5.32 Å². The number of carbonyl (C=O) groups excluding carboxylic acids is 2. The maximum atomic E-state index is 12.8. The summed E-state index contributed by atoms with van der Waals surface area (Å²) < 4.78 is 6.25. The number of amides is 2. The van der Waals surface area contributed by atoms with Gasteiger partial charge >= 0.3 is 12.1 Å². The van der Waals surface area contributed by atoms with Gasteiger partial charge in [0.1, 0.15) is 6.61 Å². The number of anilines is 1. The van der Waals surface area contributed by atoms with Crippen molar-refractivity contribution in [3.05, 3.63) is 87.9 Å². The molecule has 1 aliphatic rings. The van der Waals surface area contributed by atoms with E-state index >= 15 is 0 Å². The average Bonchev–Trinajstić information content (AvgIpc) is 3.15. The lowest BCUT2D eigenvalue weighted by molar-refractivity contribution is -0.146. The molecule has 0 saturated heterocycles. The Hall–Kier alpha value is -3.65. The molecule has 35 heavy (non-hydrogen) atoms. The molecule has 3 aromatic carbocycles. The smallest absolute Gasteiger partial charge is 0.411 e. The number of carboxylic acids is 1. The van der Waals surface area contributed by atoms with Crippen LogP contribution in [0.25, 0.3) is 11.1 Å². The first-order valence-corrected chi connectivity index (χ1v) is 11.9. The van der Waals surface area contributed by atoms with Crippen LogP contribution in [0.2, 0.25) is 0 Å². The van der Waals surface area contributed by atoms with Crippen LogP contribution in [0, 0.1) is 5.41 Å².